The third kappa shape index (κ3) is 3.59. The molecule has 0 radical (unpaired) electrons. The largest absolute Gasteiger partial charge is 0.391 e. The van der Waals surface area contributed by atoms with E-state index >= 15 is 0 Å². The molecular formula is C13H16Cl2N2O2S. The molecule has 7 heteroatoms. The first-order chi connectivity index (χ1) is 9.52. The fourth-order valence-electron chi connectivity index (χ4n) is 2.11. The molecule has 110 valence electrons. The predicted octanol–water partition coefficient (Wildman–Crippen LogP) is 2.03. The van der Waals surface area contributed by atoms with Gasteiger partial charge in [-0.2, -0.15) is 0 Å². The van der Waals surface area contributed by atoms with Crippen LogP contribution >= 0.6 is 35.0 Å². The second kappa shape index (κ2) is 7.00. The van der Waals surface area contributed by atoms with E-state index in [0.717, 1.165) is 4.90 Å². The maximum Gasteiger partial charge on any atom is 0.252 e. The average molecular weight is 335 g/mol. The van der Waals surface area contributed by atoms with Crippen LogP contribution in [0.4, 0.5) is 0 Å². The summed E-state index contributed by atoms with van der Waals surface area (Å²) in [6.07, 6.45) is 1.47. The van der Waals surface area contributed by atoms with Gasteiger partial charge in [0.15, 0.2) is 0 Å². The molecule has 2 atom stereocenters. The SMILES string of the molecule is CSc1cc(C(=O)NCC2CNCC2O)c(Cl)cc1Cl. The van der Waals surface area contributed by atoms with Crippen LogP contribution in [0.25, 0.3) is 0 Å². The highest BCUT2D eigenvalue weighted by Gasteiger charge is 2.25. The maximum absolute atomic E-state index is 12.2. The molecule has 2 unspecified atom stereocenters. The number of thioether (sulfide) groups is 1. The van der Waals surface area contributed by atoms with Crippen molar-refractivity contribution in [3.05, 3.63) is 27.7 Å². The normalized spacial score (nSPS) is 22.0. The minimum absolute atomic E-state index is 0.0325. The molecule has 1 aliphatic heterocycles. The van der Waals surface area contributed by atoms with Crippen LogP contribution in [0.1, 0.15) is 10.4 Å². The van der Waals surface area contributed by atoms with Crippen molar-refractivity contribution < 1.29 is 9.90 Å². The highest BCUT2D eigenvalue weighted by atomic mass is 35.5. The van der Waals surface area contributed by atoms with Crippen LogP contribution in [0.5, 0.6) is 0 Å². The molecule has 1 amide bonds. The number of carbonyl (C=O) groups excluding carboxylic acids is 1. The first-order valence-electron chi connectivity index (χ1n) is 6.23. The third-order valence-corrected chi connectivity index (χ3v) is 4.83. The van der Waals surface area contributed by atoms with Crippen LogP contribution in [-0.2, 0) is 0 Å². The smallest absolute Gasteiger partial charge is 0.252 e. The summed E-state index contributed by atoms with van der Waals surface area (Å²) in [4.78, 5) is 13.0. The lowest BCUT2D eigenvalue weighted by molar-refractivity contribution is 0.0927. The molecule has 1 saturated heterocycles. The molecule has 0 aromatic heterocycles. The van der Waals surface area contributed by atoms with E-state index < -0.39 is 6.10 Å². The van der Waals surface area contributed by atoms with Crippen LogP contribution in [-0.4, -0.2) is 43.0 Å². The Kier molecular flexibility index (Phi) is 5.57. The molecule has 1 heterocycles. The van der Waals surface area contributed by atoms with Crippen LogP contribution < -0.4 is 10.6 Å². The molecule has 20 heavy (non-hydrogen) atoms. The van der Waals surface area contributed by atoms with Gasteiger partial charge in [-0.3, -0.25) is 4.79 Å². The molecule has 1 fully saturated rings. The standard InChI is InChI=1S/C13H16Cl2N2O2S/c1-20-12-2-8(9(14)3-10(12)15)13(19)17-5-7-4-16-6-11(7)18/h2-3,7,11,16,18H,4-6H2,1H3,(H,17,19). The number of hydrogen-bond donors (Lipinski definition) is 3. The van der Waals surface area contributed by atoms with E-state index in [-0.39, 0.29) is 11.8 Å². The van der Waals surface area contributed by atoms with Crippen LogP contribution in [0.2, 0.25) is 10.0 Å². The zero-order valence-corrected chi connectivity index (χ0v) is 13.3. The minimum atomic E-state index is -0.419. The Morgan fingerprint density at radius 3 is 2.80 bits per heavy atom. The van der Waals surface area contributed by atoms with E-state index in [1.165, 1.54) is 11.8 Å². The van der Waals surface area contributed by atoms with Crippen molar-refractivity contribution in [2.45, 2.75) is 11.0 Å². The summed E-state index contributed by atoms with van der Waals surface area (Å²) >= 11 is 13.5. The molecule has 0 aliphatic carbocycles. The Labute approximate surface area is 132 Å². The maximum atomic E-state index is 12.2. The highest BCUT2D eigenvalue weighted by molar-refractivity contribution is 7.98. The quantitative estimate of drug-likeness (QED) is 0.737. The summed E-state index contributed by atoms with van der Waals surface area (Å²) in [7, 11) is 0. The number of benzene rings is 1. The van der Waals surface area contributed by atoms with E-state index in [0.29, 0.717) is 35.2 Å². The van der Waals surface area contributed by atoms with E-state index in [4.69, 9.17) is 23.2 Å². The van der Waals surface area contributed by atoms with Gasteiger partial charge >= 0.3 is 0 Å². The van der Waals surface area contributed by atoms with Gasteiger partial charge in [-0.25, -0.2) is 0 Å². The van der Waals surface area contributed by atoms with Crippen molar-refractivity contribution in [1.29, 1.82) is 0 Å². The van der Waals surface area contributed by atoms with Crippen molar-refractivity contribution in [3.63, 3.8) is 0 Å². The van der Waals surface area contributed by atoms with Gasteiger partial charge in [0.1, 0.15) is 0 Å². The molecule has 1 aliphatic rings. The Bertz CT molecular complexity index is 513. The number of amides is 1. The molecule has 3 N–H and O–H groups in total. The number of nitrogens with one attached hydrogen (secondary N) is 2. The van der Waals surface area contributed by atoms with E-state index in [2.05, 4.69) is 10.6 Å². The molecule has 1 aromatic carbocycles. The zero-order chi connectivity index (χ0) is 14.7. The van der Waals surface area contributed by atoms with Crippen LogP contribution in [0, 0.1) is 5.92 Å². The number of β-amino-alcohol motifs (C(OH)–C–C–N with tert-alkyl or cyclic N) is 1. The topological polar surface area (TPSA) is 61.4 Å². The van der Waals surface area contributed by atoms with Crippen molar-refractivity contribution in [2.24, 2.45) is 5.92 Å². The van der Waals surface area contributed by atoms with Gasteiger partial charge in [0.05, 0.1) is 21.7 Å². The number of hydrogen-bond acceptors (Lipinski definition) is 4. The van der Waals surface area contributed by atoms with Gasteiger partial charge in [-0.15, -0.1) is 11.8 Å². The second-order valence-corrected chi connectivity index (χ2v) is 6.32. The predicted molar refractivity (Wildman–Crippen MR) is 82.9 cm³/mol. The molecule has 0 spiro atoms. The van der Waals surface area contributed by atoms with E-state index in [1.807, 2.05) is 6.26 Å². The molecular weight excluding hydrogens is 319 g/mol. The van der Waals surface area contributed by atoms with Crippen molar-refractivity contribution in [3.8, 4) is 0 Å². The first-order valence-corrected chi connectivity index (χ1v) is 8.21. The van der Waals surface area contributed by atoms with E-state index in [9.17, 15) is 9.90 Å². The summed E-state index contributed by atoms with van der Waals surface area (Å²) < 4.78 is 0. The number of aliphatic hydroxyl groups is 1. The third-order valence-electron chi connectivity index (χ3n) is 3.32. The highest BCUT2D eigenvalue weighted by Crippen LogP contribution is 2.31. The first kappa shape index (κ1) is 15.9. The minimum Gasteiger partial charge on any atom is -0.391 e. The second-order valence-electron chi connectivity index (χ2n) is 4.66. The lowest BCUT2D eigenvalue weighted by atomic mass is 10.1. The Hall–Kier alpha value is -0.460. The number of rotatable bonds is 4. The molecule has 0 bridgehead atoms. The molecule has 4 nitrogen and oxygen atoms in total. The van der Waals surface area contributed by atoms with E-state index in [1.54, 1.807) is 12.1 Å². The summed E-state index contributed by atoms with van der Waals surface area (Å²) in [5.41, 5.74) is 0.404. The van der Waals surface area contributed by atoms with Crippen molar-refractivity contribution in [1.82, 2.24) is 10.6 Å². The van der Waals surface area contributed by atoms with Gasteiger partial charge in [0.2, 0.25) is 0 Å². The Morgan fingerprint density at radius 1 is 1.45 bits per heavy atom. The number of aliphatic hydroxyl groups excluding tert-OH is 1. The van der Waals surface area contributed by atoms with Crippen molar-refractivity contribution >= 4 is 40.9 Å². The Morgan fingerprint density at radius 2 is 2.20 bits per heavy atom. The molecule has 0 saturated carbocycles. The Balaban J connectivity index is 2.05. The van der Waals surface area contributed by atoms with Gasteiger partial charge in [0, 0.05) is 30.4 Å². The van der Waals surface area contributed by atoms with Gasteiger partial charge < -0.3 is 15.7 Å². The van der Waals surface area contributed by atoms with Gasteiger partial charge in [0.25, 0.3) is 5.91 Å². The lowest BCUT2D eigenvalue weighted by Gasteiger charge is -2.15. The summed E-state index contributed by atoms with van der Waals surface area (Å²) in [6, 6.07) is 3.27. The molecule has 1 aromatic rings. The molecule has 2 rings (SSSR count). The number of halogens is 2. The summed E-state index contributed by atoms with van der Waals surface area (Å²) in [6.45, 7) is 1.69. The van der Waals surface area contributed by atoms with Crippen LogP contribution in [0.3, 0.4) is 0 Å². The van der Waals surface area contributed by atoms with Gasteiger partial charge in [-0.1, -0.05) is 23.2 Å². The summed E-state index contributed by atoms with van der Waals surface area (Å²) in [5.74, 6) is -0.217. The zero-order valence-electron chi connectivity index (χ0n) is 11.0. The fourth-order valence-corrected chi connectivity index (χ4v) is 3.30. The lowest BCUT2D eigenvalue weighted by Crippen LogP contribution is -2.34. The van der Waals surface area contributed by atoms with Crippen LogP contribution in [0.15, 0.2) is 17.0 Å². The summed E-state index contributed by atoms with van der Waals surface area (Å²) in [5, 5.41) is 16.4. The van der Waals surface area contributed by atoms with Gasteiger partial charge in [-0.05, 0) is 18.4 Å². The number of carbonyl (C=O) groups is 1. The monoisotopic (exact) mass is 334 g/mol. The fraction of sp³-hybridized carbons (Fsp3) is 0.462. The average Bonchev–Trinajstić information content (AvgIpc) is 2.82. The van der Waals surface area contributed by atoms with Crippen molar-refractivity contribution in [2.75, 3.05) is 25.9 Å².